The van der Waals surface area contributed by atoms with Gasteiger partial charge in [0.25, 0.3) is 0 Å². The molecule has 2 N–H and O–H groups in total. The van der Waals surface area contributed by atoms with Crippen molar-refractivity contribution in [3.63, 3.8) is 0 Å². The summed E-state index contributed by atoms with van der Waals surface area (Å²) < 4.78 is 2.99. The normalized spacial score (nSPS) is 11.0. The molecule has 0 atom stereocenters. The SMILES string of the molecule is CC/C=C\CNC(=O)Cn1cc(Cn2cccc2C(=O)O)nn1. The number of amides is 1. The van der Waals surface area contributed by atoms with Crippen LogP contribution in [0.25, 0.3) is 0 Å². The molecule has 122 valence electrons. The molecule has 23 heavy (non-hydrogen) atoms. The minimum Gasteiger partial charge on any atom is -0.477 e. The fraction of sp³-hybridized carbons (Fsp3) is 0.333. The molecule has 2 rings (SSSR count). The van der Waals surface area contributed by atoms with Gasteiger partial charge >= 0.3 is 5.97 Å². The van der Waals surface area contributed by atoms with E-state index in [0.717, 1.165) is 6.42 Å². The zero-order valence-electron chi connectivity index (χ0n) is 12.8. The van der Waals surface area contributed by atoms with Gasteiger partial charge in [0.05, 0.1) is 12.7 Å². The Morgan fingerprint density at radius 2 is 2.22 bits per heavy atom. The average Bonchev–Trinajstić information content (AvgIpc) is 3.14. The molecule has 0 saturated heterocycles. The number of nitrogens with one attached hydrogen (secondary N) is 1. The summed E-state index contributed by atoms with van der Waals surface area (Å²) in [6.45, 7) is 2.87. The Balaban J connectivity index is 1.90. The monoisotopic (exact) mass is 317 g/mol. The van der Waals surface area contributed by atoms with Crippen LogP contribution in [0.5, 0.6) is 0 Å². The number of rotatable bonds is 8. The van der Waals surface area contributed by atoms with Crippen LogP contribution in [0.15, 0.2) is 36.7 Å². The van der Waals surface area contributed by atoms with E-state index in [1.54, 1.807) is 23.0 Å². The molecule has 0 aliphatic rings. The highest BCUT2D eigenvalue weighted by molar-refractivity contribution is 5.85. The van der Waals surface area contributed by atoms with Crippen molar-refractivity contribution in [1.29, 1.82) is 0 Å². The first-order chi connectivity index (χ1) is 11.1. The number of hydrogen-bond acceptors (Lipinski definition) is 4. The zero-order valence-corrected chi connectivity index (χ0v) is 12.8. The topological polar surface area (TPSA) is 102 Å². The van der Waals surface area contributed by atoms with Crippen LogP contribution < -0.4 is 5.32 Å². The second kappa shape index (κ2) is 7.92. The van der Waals surface area contributed by atoms with Crippen LogP contribution in [0.1, 0.15) is 29.5 Å². The van der Waals surface area contributed by atoms with Crippen LogP contribution in [-0.2, 0) is 17.9 Å². The molecule has 0 saturated carbocycles. The molecule has 0 aliphatic carbocycles. The number of carbonyl (C=O) groups excluding carboxylic acids is 1. The Labute approximate surface area is 133 Å². The van der Waals surface area contributed by atoms with Crippen molar-refractivity contribution in [3.05, 3.63) is 48.1 Å². The number of aromatic nitrogens is 4. The quantitative estimate of drug-likeness (QED) is 0.705. The molecule has 0 aromatic carbocycles. The van der Waals surface area contributed by atoms with Crippen molar-refractivity contribution in [3.8, 4) is 0 Å². The highest BCUT2D eigenvalue weighted by atomic mass is 16.4. The van der Waals surface area contributed by atoms with Gasteiger partial charge in [-0.25, -0.2) is 9.48 Å². The Morgan fingerprint density at radius 3 is 2.96 bits per heavy atom. The molecule has 2 heterocycles. The van der Waals surface area contributed by atoms with Gasteiger partial charge < -0.3 is 15.0 Å². The predicted octanol–water partition coefficient (Wildman–Crippen LogP) is 0.908. The molecular formula is C15H19N5O3. The third kappa shape index (κ3) is 4.80. The van der Waals surface area contributed by atoms with Crippen LogP contribution in [0, 0.1) is 0 Å². The Bertz CT molecular complexity index is 702. The minimum absolute atomic E-state index is 0.0738. The summed E-state index contributed by atoms with van der Waals surface area (Å²) >= 11 is 0. The average molecular weight is 317 g/mol. The molecule has 0 fully saturated rings. The van der Waals surface area contributed by atoms with Crippen LogP contribution in [0.3, 0.4) is 0 Å². The van der Waals surface area contributed by atoms with Gasteiger partial charge in [0, 0.05) is 12.7 Å². The number of aromatic carboxylic acids is 1. The van der Waals surface area contributed by atoms with Crippen LogP contribution in [0.4, 0.5) is 0 Å². The lowest BCUT2D eigenvalue weighted by atomic mass is 10.4. The highest BCUT2D eigenvalue weighted by Gasteiger charge is 2.11. The molecular weight excluding hydrogens is 298 g/mol. The summed E-state index contributed by atoms with van der Waals surface area (Å²) in [5.41, 5.74) is 0.766. The van der Waals surface area contributed by atoms with E-state index in [-0.39, 0.29) is 24.7 Å². The minimum atomic E-state index is -0.998. The van der Waals surface area contributed by atoms with Crippen molar-refractivity contribution in [2.24, 2.45) is 0 Å². The van der Waals surface area contributed by atoms with Crippen molar-refractivity contribution >= 4 is 11.9 Å². The fourth-order valence-electron chi connectivity index (χ4n) is 2.03. The van der Waals surface area contributed by atoms with Gasteiger partial charge in [-0.2, -0.15) is 0 Å². The summed E-state index contributed by atoms with van der Waals surface area (Å²) in [4.78, 5) is 22.8. The summed E-state index contributed by atoms with van der Waals surface area (Å²) in [7, 11) is 0. The van der Waals surface area contributed by atoms with E-state index in [2.05, 4.69) is 15.6 Å². The molecule has 8 nitrogen and oxygen atoms in total. The second-order valence-electron chi connectivity index (χ2n) is 4.92. The van der Waals surface area contributed by atoms with Gasteiger partial charge in [0.1, 0.15) is 17.9 Å². The molecule has 2 aromatic heterocycles. The third-order valence-corrected chi connectivity index (χ3v) is 3.09. The smallest absolute Gasteiger partial charge is 0.352 e. The maximum absolute atomic E-state index is 11.7. The van der Waals surface area contributed by atoms with E-state index < -0.39 is 5.97 Å². The molecule has 0 radical (unpaired) electrons. The fourth-order valence-corrected chi connectivity index (χ4v) is 2.03. The lowest BCUT2D eigenvalue weighted by Gasteiger charge is -2.03. The van der Waals surface area contributed by atoms with E-state index in [9.17, 15) is 9.59 Å². The molecule has 1 amide bonds. The van der Waals surface area contributed by atoms with Gasteiger partial charge in [0.15, 0.2) is 0 Å². The van der Waals surface area contributed by atoms with Crippen molar-refractivity contribution in [2.45, 2.75) is 26.4 Å². The Kier molecular flexibility index (Phi) is 5.67. The molecule has 0 unspecified atom stereocenters. The number of carboxylic acids is 1. The van der Waals surface area contributed by atoms with E-state index in [0.29, 0.717) is 12.2 Å². The number of allylic oxidation sites excluding steroid dienone is 1. The van der Waals surface area contributed by atoms with Gasteiger partial charge in [-0.3, -0.25) is 4.79 Å². The van der Waals surface area contributed by atoms with E-state index in [1.807, 2.05) is 19.1 Å². The summed E-state index contributed by atoms with van der Waals surface area (Å²) in [5.74, 6) is -1.16. The van der Waals surface area contributed by atoms with Crippen LogP contribution in [0.2, 0.25) is 0 Å². The third-order valence-electron chi connectivity index (χ3n) is 3.09. The highest BCUT2D eigenvalue weighted by Crippen LogP contribution is 2.05. The number of carbonyl (C=O) groups is 2. The predicted molar refractivity (Wildman–Crippen MR) is 83.0 cm³/mol. The number of carboxylic acid groups (broad SMARTS) is 1. The lowest BCUT2D eigenvalue weighted by Crippen LogP contribution is -2.27. The Hall–Kier alpha value is -2.90. The summed E-state index contributed by atoms with van der Waals surface area (Å²) in [6.07, 6.45) is 8.09. The van der Waals surface area contributed by atoms with Crippen LogP contribution >= 0.6 is 0 Å². The summed E-state index contributed by atoms with van der Waals surface area (Å²) in [5, 5.41) is 19.6. The standard InChI is InChI=1S/C15H19N5O3/c1-2-3-4-7-16-14(21)11-20-10-12(17-18-20)9-19-8-5-6-13(19)15(22)23/h3-6,8,10H,2,7,9,11H2,1H3,(H,16,21)(H,22,23)/b4-3-. The van der Waals surface area contributed by atoms with E-state index in [1.165, 1.54) is 10.7 Å². The van der Waals surface area contributed by atoms with Crippen molar-refractivity contribution < 1.29 is 14.7 Å². The van der Waals surface area contributed by atoms with Crippen molar-refractivity contribution in [2.75, 3.05) is 6.54 Å². The first-order valence-electron chi connectivity index (χ1n) is 7.29. The maximum Gasteiger partial charge on any atom is 0.352 e. The van der Waals surface area contributed by atoms with Crippen LogP contribution in [-0.4, -0.2) is 43.1 Å². The molecule has 0 spiro atoms. The zero-order chi connectivity index (χ0) is 16.7. The lowest BCUT2D eigenvalue weighted by molar-refractivity contribution is -0.121. The van der Waals surface area contributed by atoms with E-state index in [4.69, 9.17) is 5.11 Å². The summed E-state index contributed by atoms with van der Waals surface area (Å²) in [6, 6.07) is 3.18. The van der Waals surface area contributed by atoms with Gasteiger partial charge in [-0.05, 0) is 18.6 Å². The molecule has 2 aromatic rings. The maximum atomic E-state index is 11.7. The van der Waals surface area contributed by atoms with Gasteiger partial charge in [-0.1, -0.05) is 24.3 Å². The van der Waals surface area contributed by atoms with E-state index >= 15 is 0 Å². The van der Waals surface area contributed by atoms with Gasteiger partial charge in [-0.15, -0.1) is 5.10 Å². The van der Waals surface area contributed by atoms with Crippen molar-refractivity contribution in [1.82, 2.24) is 24.9 Å². The molecule has 8 heteroatoms. The first kappa shape index (κ1) is 16.5. The Morgan fingerprint density at radius 1 is 1.39 bits per heavy atom. The number of hydrogen-bond donors (Lipinski definition) is 2. The molecule has 0 aliphatic heterocycles. The second-order valence-corrected chi connectivity index (χ2v) is 4.92. The largest absolute Gasteiger partial charge is 0.477 e. The first-order valence-corrected chi connectivity index (χ1v) is 7.29. The van der Waals surface area contributed by atoms with Gasteiger partial charge in [0.2, 0.25) is 5.91 Å². The number of nitrogens with zero attached hydrogens (tertiary/aromatic N) is 4. The molecule has 0 bridgehead atoms.